The van der Waals surface area contributed by atoms with E-state index in [1.165, 1.54) is 74.8 Å². The maximum atomic E-state index is 13.5. The Bertz CT molecular complexity index is 4170. The summed E-state index contributed by atoms with van der Waals surface area (Å²) in [4.78, 5) is 105. The number of anilines is 4. The number of hydrogen-bond donors (Lipinski definition) is 2. The molecule has 4 unspecified atom stereocenters. The molecule has 2 saturated heterocycles. The van der Waals surface area contributed by atoms with Crippen LogP contribution in [0.25, 0.3) is 43.5 Å². The highest BCUT2D eigenvalue weighted by atomic mass is 32.1. The molecule has 4 fully saturated rings. The first-order valence-electron chi connectivity index (χ1n) is 25.5. The number of aryl methyl sites for hydroxylation is 2. The summed E-state index contributed by atoms with van der Waals surface area (Å²) in [6, 6.07) is 5.80. The molecule has 0 radical (unpaired) electrons. The van der Waals surface area contributed by atoms with E-state index in [2.05, 4.69) is 63.6 Å². The highest BCUT2D eigenvalue weighted by molar-refractivity contribution is 7.13. The van der Waals surface area contributed by atoms with Gasteiger partial charge in [0.25, 0.3) is 23.0 Å². The van der Waals surface area contributed by atoms with Gasteiger partial charge in [0.05, 0.1) is 56.5 Å². The number of piperidine rings is 2. The molecule has 2 aliphatic carbocycles. The number of esters is 1. The monoisotopic (exact) mass is 1160 g/mol. The van der Waals surface area contributed by atoms with Crippen molar-refractivity contribution in [2.24, 2.45) is 37.8 Å². The number of rotatable bonds is 11. The number of imidazole rings is 2. The Morgan fingerprint density at radius 2 is 1.13 bits per heavy atom. The minimum Gasteiger partial charge on any atom is -0.467 e. The first kappa shape index (κ1) is 56.3. The number of halogens is 4. The number of carbonyl (C=O) groups is 2. The summed E-state index contributed by atoms with van der Waals surface area (Å²) < 4.78 is 65.3. The molecule has 3 N–H and O–H groups in total. The van der Waals surface area contributed by atoms with Gasteiger partial charge in [0, 0.05) is 74.6 Å². The summed E-state index contributed by atoms with van der Waals surface area (Å²) in [5, 5.41) is 7.68. The van der Waals surface area contributed by atoms with Crippen LogP contribution in [0.3, 0.4) is 0 Å². The summed E-state index contributed by atoms with van der Waals surface area (Å²) >= 11 is 2.77. The number of fused-ring (bicyclic) bond motifs is 4. The number of alkyl halides is 4. The zero-order chi connectivity index (χ0) is 58.7. The van der Waals surface area contributed by atoms with Gasteiger partial charge in [0.15, 0.2) is 22.3 Å². The van der Waals surface area contributed by atoms with E-state index in [9.17, 15) is 46.3 Å². The van der Waals surface area contributed by atoms with Crippen molar-refractivity contribution in [2.45, 2.75) is 64.7 Å². The minimum atomic E-state index is -2.54. The smallest absolute Gasteiger partial charge is 0.333 e. The Balaban J connectivity index is 0.000000151. The summed E-state index contributed by atoms with van der Waals surface area (Å²) in [5.74, 6) is 4.90. The molecule has 23 nitrogen and oxygen atoms in total. The van der Waals surface area contributed by atoms with E-state index in [1.54, 1.807) is 56.9 Å². The first-order valence-corrected chi connectivity index (χ1v) is 27.2. The first-order chi connectivity index (χ1) is 39.1. The Hall–Kier alpha value is -8.96. The fraction of sp³-hybridized carbons (Fsp3) is 0.396. The van der Waals surface area contributed by atoms with Gasteiger partial charge in [-0.1, -0.05) is 11.8 Å². The van der Waals surface area contributed by atoms with Crippen LogP contribution in [0.15, 0.2) is 79.3 Å². The molecule has 0 bridgehead atoms. The van der Waals surface area contributed by atoms with Crippen molar-refractivity contribution in [3.63, 3.8) is 0 Å². The lowest BCUT2D eigenvalue weighted by Crippen LogP contribution is -2.40. The standard InChI is InChI=1S/C26H24F2N8O3S.C14H16N4O4.C13H12F2N4S/c1-4-5-8-35-24(38)20-21(33(3)25(35)39)30-13-36(20)14(2)22(37)31-18-12-40-23(32-18)15-6-7-19(29-9-15)34-10-16-17(11-34)26(16,27)28;1-5-6-7-17-12(19)10-11(16(3)14(17)21)15-8-18(10)9(2)13(20)22-4;14-13(15)8-4-19(5-9(8)13)11-2-1-7(3-17-11)12-18-10(16)6-20-12/h6-7,9,12-14,16-17H,8,10-11H2,1-3H3,(H,31,37);8-9H,7H2,1-4H3;1-3,6,8-9H,4-5,16H2/t14-,16?,17?;9-;/m00./s1. The third kappa shape index (κ3) is 10.2. The molecule has 2 aliphatic heterocycles. The lowest BCUT2D eigenvalue weighted by atomic mass is 10.3. The number of thiazole rings is 2. The number of nitrogens with zero attached hydrogens (tertiary/aromatic N) is 14. The van der Waals surface area contributed by atoms with E-state index in [0.717, 1.165) is 31.1 Å². The Labute approximate surface area is 470 Å². The fourth-order valence-electron chi connectivity index (χ4n) is 10.1. The highest BCUT2D eigenvalue weighted by Gasteiger charge is 2.72. The molecular formula is C53H52F4N16O7S2. The average molecular weight is 1170 g/mol. The molecule has 8 aromatic rings. The predicted octanol–water partition coefficient (Wildman–Crippen LogP) is 4.48. The Morgan fingerprint density at radius 1 is 0.695 bits per heavy atom. The number of aromatic nitrogens is 12. The molecule has 0 spiro atoms. The summed E-state index contributed by atoms with van der Waals surface area (Å²) in [7, 11) is 4.29. The van der Waals surface area contributed by atoms with Crippen molar-refractivity contribution in [1.29, 1.82) is 0 Å². The van der Waals surface area contributed by atoms with Crippen molar-refractivity contribution in [3.8, 4) is 44.8 Å². The van der Waals surface area contributed by atoms with Crippen molar-refractivity contribution in [2.75, 3.05) is 54.1 Å². The van der Waals surface area contributed by atoms with Gasteiger partial charge in [-0.25, -0.2) is 71.0 Å². The number of amides is 1. The zero-order valence-corrected chi connectivity index (χ0v) is 46.6. The number of carbonyl (C=O) groups excluding carboxylic acids is 2. The van der Waals surface area contributed by atoms with Crippen molar-refractivity contribution < 1.29 is 31.9 Å². The van der Waals surface area contributed by atoms with E-state index in [1.807, 2.05) is 28.0 Å². The van der Waals surface area contributed by atoms with Crippen LogP contribution in [0.5, 0.6) is 0 Å². The van der Waals surface area contributed by atoms with Crippen LogP contribution in [-0.4, -0.2) is 114 Å². The Morgan fingerprint density at radius 3 is 1.54 bits per heavy atom. The second-order valence-corrected chi connectivity index (χ2v) is 21.6. The second-order valence-electron chi connectivity index (χ2n) is 19.8. The lowest BCUT2D eigenvalue weighted by molar-refractivity contribution is -0.143. The molecule has 29 heteroatoms. The highest BCUT2D eigenvalue weighted by Crippen LogP contribution is 2.60. The Kier molecular flexibility index (Phi) is 15.0. The third-order valence-electron chi connectivity index (χ3n) is 15.0. The lowest BCUT2D eigenvalue weighted by Gasteiger charge is -2.20. The average Bonchev–Trinajstić information content (AvgIpc) is 4.09. The number of hydrogen-bond acceptors (Lipinski definition) is 18. The van der Waals surface area contributed by atoms with Gasteiger partial charge in [0.2, 0.25) is 5.91 Å². The largest absolute Gasteiger partial charge is 0.467 e. The van der Waals surface area contributed by atoms with E-state index in [4.69, 9.17) is 5.73 Å². The van der Waals surface area contributed by atoms with Crippen LogP contribution in [-0.2, 0) is 41.5 Å². The fourth-order valence-corrected chi connectivity index (χ4v) is 11.5. The number of pyridine rings is 2. The molecule has 82 heavy (non-hydrogen) atoms. The van der Waals surface area contributed by atoms with Gasteiger partial charge in [0.1, 0.15) is 45.4 Å². The predicted molar refractivity (Wildman–Crippen MR) is 299 cm³/mol. The molecule has 0 aromatic carbocycles. The summed E-state index contributed by atoms with van der Waals surface area (Å²) in [6.45, 7) is 7.75. The maximum Gasteiger partial charge on any atom is 0.333 e. The normalized spacial score (nSPS) is 19.3. The van der Waals surface area contributed by atoms with Crippen LogP contribution in [0.2, 0.25) is 0 Å². The topological polar surface area (TPSA) is 263 Å². The van der Waals surface area contributed by atoms with Gasteiger partial charge in [-0.05, 0) is 52.0 Å². The molecular weight excluding hydrogens is 1110 g/mol. The van der Waals surface area contributed by atoms with Crippen molar-refractivity contribution in [3.05, 3.63) is 102 Å². The van der Waals surface area contributed by atoms with Gasteiger partial charge in [-0.15, -0.1) is 34.5 Å². The van der Waals surface area contributed by atoms with Crippen LogP contribution < -0.4 is 43.3 Å². The van der Waals surface area contributed by atoms with Crippen molar-refractivity contribution in [1.82, 2.24) is 57.3 Å². The van der Waals surface area contributed by atoms with E-state index < -0.39 is 82.0 Å². The molecule has 10 heterocycles. The van der Waals surface area contributed by atoms with Gasteiger partial charge >= 0.3 is 17.3 Å². The molecule has 8 aromatic heterocycles. The number of nitrogens with one attached hydrogen (secondary N) is 1. The summed E-state index contributed by atoms with van der Waals surface area (Å²) in [6.07, 6.45) is 6.06. The van der Waals surface area contributed by atoms with Crippen LogP contribution in [0.1, 0.15) is 39.8 Å². The number of methoxy groups -OCH3 is 1. The molecule has 6 atom stereocenters. The van der Waals surface area contributed by atoms with Gasteiger partial charge in [-0.2, -0.15) is 0 Å². The van der Waals surface area contributed by atoms with Crippen LogP contribution in [0, 0.1) is 47.4 Å². The SMILES string of the molecule is CC#CCn1c(=O)c2c(ncn2[C@@H](C)C(=O)Nc2csc(-c3ccc(N4CC5C(C4)C5(F)F)nc3)n2)n(C)c1=O.CC#CCn1c(=O)c2c(ncn2[C@@H](C)C(=O)OC)n(C)c1=O.Nc1csc(-c2ccc(N3CC4C(C3)C4(F)F)nc2)n1. The zero-order valence-electron chi connectivity index (χ0n) is 45.0. The van der Waals surface area contributed by atoms with E-state index in [0.29, 0.717) is 48.6 Å². The number of nitrogen functional groups attached to an aromatic ring is 1. The molecule has 12 rings (SSSR count). The number of nitrogens with two attached hydrogens (primary N) is 1. The molecule has 426 valence electrons. The molecule has 2 saturated carbocycles. The van der Waals surface area contributed by atoms with E-state index in [-0.39, 0.29) is 35.4 Å². The van der Waals surface area contributed by atoms with Crippen LogP contribution in [0.4, 0.5) is 40.8 Å². The number of ether oxygens (including phenoxy) is 1. The van der Waals surface area contributed by atoms with E-state index >= 15 is 0 Å². The van der Waals surface area contributed by atoms with Gasteiger partial charge in [-0.3, -0.25) is 23.5 Å². The molecule has 4 aliphatic rings. The van der Waals surface area contributed by atoms with Crippen molar-refractivity contribution >= 4 is 80.1 Å². The summed E-state index contributed by atoms with van der Waals surface area (Å²) in [5.41, 5.74) is 5.72. The van der Waals surface area contributed by atoms with Crippen LogP contribution >= 0.6 is 22.7 Å². The second kappa shape index (κ2) is 21.8. The quantitative estimate of drug-likeness (QED) is 0.103. The third-order valence-corrected chi connectivity index (χ3v) is 16.8. The maximum absolute atomic E-state index is 13.5. The van der Waals surface area contributed by atoms with Gasteiger partial charge < -0.3 is 34.7 Å². The minimum absolute atomic E-state index is 0.0181. The molecule has 1 amide bonds.